The fraction of sp³-hybridized carbons (Fsp3) is 0.818. The first-order chi connectivity index (χ1) is 8.17. The lowest BCUT2D eigenvalue weighted by atomic mass is 10.1. The Labute approximate surface area is 101 Å². The van der Waals surface area contributed by atoms with Crippen LogP contribution in [-0.2, 0) is 29.2 Å². The van der Waals surface area contributed by atoms with Gasteiger partial charge < -0.3 is 4.57 Å². The lowest BCUT2D eigenvalue weighted by molar-refractivity contribution is 0.503. The van der Waals surface area contributed by atoms with E-state index >= 15 is 0 Å². The summed E-state index contributed by atoms with van der Waals surface area (Å²) in [4.78, 5) is 0. The molecule has 2 aliphatic heterocycles. The van der Waals surface area contributed by atoms with Crippen molar-refractivity contribution in [3.63, 3.8) is 0 Å². The van der Waals surface area contributed by atoms with Crippen LogP contribution in [-0.4, -0.2) is 34.2 Å². The van der Waals surface area contributed by atoms with Crippen LogP contribution in [0.3, 0.4) is 0 Å². The molecule has 3 rings (SSSR count). The second-order valence-corrected chi connectivity index (χ2v) is 7.38. The highest BCUT2D eigenvalue weighted by atomic mass is 32.2. The largest absolute Gasteiger partial charge is 0.315 e. The number of rotatable bonds is 2. The molecule has 3 heterocycles. The Morgan fingerprint density at radius 3 is 2.88 bits per heavy atom. The molecule has 0 bridgehead atoms. The third-order valence-electron chi connectivity index (χ3n) is 3.81. The van der Waals surface area contributed by atoms with Crippen molar-refractivity contribution in [1.29, 1.82) is 0 Å². The van der Waals surface area contributed by atoms with Crippen molar-refractivity contribution >= 4 is 9.84 Å². The van der Waals surface area contributed by atoms with E-state index in [-0.39, 0.29) is 5.25 Å². The molecule has 0 aromatic carbocycles. The monoisotopic (exact) mass is 255 g/mol. The number of hydrogen-bond acceptors (Lipinski definition) is 4. The quantitative estimate of drug-likeness (QED) is 0.781. The first kappa shape index (κ1) is 11.2. The Kier molecular flexibility index (Phi) is 2.69. The van der Waals surface area contributed by atoms with E-state index in [9.17, 15) is 8.42 Å². The second-order valence-electron chi connectivity index (χ2n) is 4.98. The second kappa shape index (κ2) is 4.08. The minimum absolute atomic E-state index is 0.224. The van der Waals surface area contributed by atoms with E-state index in [1.165, 1.54) is 6.42 Å². The molecule has 5 nitrogen and oxygen atoms in total. The van der Waals surface area contributed by atoms with Crippen molar-refractivity contribution < 1.29 is 8.42 Å². The van der Waals surface area contributed by atoms with Crippen LogP contribution in [0.5, 0.6) is 0 Å². The highest BCUT2D eigenvalue weighted by molar-refractivity contribution is 7.92. The van der Waals surface area contributed by atoms with Crippen molar-refractivity contribution in [3.8, 4) is 0 Å². The van der Waals surface area contributed by atoms with E-state index < -0.39 is 9.84 Å². The Bertz CT molecular complexity index is 521. The topological polar surface area (TPSA) is 64.8 Å². The third-order valence-corrected chi connectivity index (χ3v) is 6.08. The minimum Gasteiger partial charge on any atom is -0.315 e. The van der Waals surface area contributed by atoms with Gasteiger partial charge in [-0.15, -0.1) is 10.2 Å². The summed E-state index contributed by atoms with van der Waals surface area (Å²) in [5, 5.41) is 8.12. The van der Waals surface area contributed by atoms with Gasteiger partial charge in [-0.1, -0.05) is 0 Å². The summed E-state index contributed by atoms with van der Waals surface area (Å²) in [5.41, 5.74) is 0. The van der Waals surface area contributed by atoms with Crippen LogP contribution < -0.4 is 0 Å². The van der Waals surface area contributed by atoms with Crippen LogP contribution in [0.1, 0.15) is 37.3 Å². The summed E-state index contributed by atoms with van der Waals surface area (Å²) >= 11 is 0. The van der Waals surface area contributed by atoms with Gasteiger partial charge in [0, 0.05) is 19.4 Å². The van der Waals surface area contributed by atoms with E-state index in [1.54, 1.807) is 0 Å². The highest BCUT2D eigenvalue weighted by Crippen LogP contribution is 2.24. The molecule has 1 saturated heterocycles. The van der Waals surface area contributed by atoms with Gasteiger partial charge >= 0.3 is 0 Å². The molecule has 0 amide bonds. The fourth-order valence-electron chi connectivity index (χ4n) is 2.81. The molecule has 0 radical (unpaired) electrons. The molecule has 0 N–H and O–H groups in total. The van der Waals surface area contributed by atoms with Gasteiger partial charge in [0.2, 0.25) is 0 Å². The van der Waals surface area contributed by atoms with Crippen molar-refractivity contribution in [3.05, 3.63) is 11.6 Å². The van der Waals surface area contributed by atoms with Crippen LogP contribution in [0.25, 0.3) is 0 Å². The van der Waals surface area contributed by atoms with Gasteiger partial charge in [0.25, 0.3) is 0 Å². The van der Waals surface area contributed by atoms with Gasteiger partial charge in [0.05, 0.1) is 11.0 Å². The molecule has 0 aliphatic carbocycles. The number of fused-ring (bicyclic) bond motifs is 1. The molecule has 1 atom stereocenters. The van der Waals surface area contributed by atoms with E-state index in [4.69, 9.17) is 0 Å². The molecular formula is C11H17N3O2S. The van der Waals surface area contributed by atoms with Crippen molar-refractivity contribution in [2.45, 2.75) is 50.3 Å². The summed E-state index contributed by atoms with van der Waals surface area (Å²) in [6.07, 6.45) is 5.42. The summed E-state index contributed by atoms with van der Waals surface area (Å²) in [5.74, 6) is 2.25. The van der Waals surface area contributed by atoms with Crippen molar-refractivity contribution in [2.24, 2.45) is 0 Å². The first-order valence-electron chi connectivity index (χ1n) is 6.29. The Hall–Kier alpha value is -0.910. The summed E-state index contributed by atoms with van der Waals surface area (Å²) < 4.78 is 25.7. The maximum atomic E-state index is 11.8. The van der Waals surface area contributed by atoms with Crippen LogP contribution in [0.4, 0.5) is 0 Å². The fourth-order valence-corrected chi connectivity index (χ4v) is 4.64. The maximum Gasteiger partial charge on any atom is 0.153 e. The zero-order valence-corrected chi connectivity index (χ0v) is 10.6. The SMILES string of the molecule is O=S1(=O)CCCC1Cc1nnc2n1CCCC2. The highest BCUT2D eigenvalue weighted by Gasteiger charge is 2.33. The van der Waals surface area contributed by atoms with Crippen molar-refractivity contribution in [1.82, 2.24) is 14.8 Å². The molecule has 1 aromatic heterocycles. The number of hydrogen-bond donors (Lipinski definition) is 0. The molecule has 1 fully saturated rings. The zero-order valence-electron chi connectivity index (χ0n) is 9.80. The molecular weight excluding hydrogens is 238 g/mol. The molecule has 17 heavy (non-hydrogen) atoms. The van der Waals surface area contributed by atoms with Crippen LogP contribution >= 0.6 is 0 Å². The maximum absolute atomic E-state index is 11.8. The van der Waals surface area contributed by atoms with Gasteiger partial charge in [-0.3, -0.25) is 0 Å². The molecule has 2 aliphatic rings. The number of sulfone groups is 1. The molecule has 1 unspecified atom stereocenters. The van der Waals surface area contributed by atoms with Gasteiger partial charge in [0.1, 0.15) is 11.6 Å². The Morgan fingerprint density at radius 2 is 2.12 bits per heavy atom. The third kappa shape index (κ3) is 1.99. The molecule has 6 heteroatoms. The van der Waals surface area contributed by atoms with Gasteiger partial charge in [-0.25, -0.2) is 8.42 Å². The summed E-state index contributed by atoms with van der Waals surface area (Å²) in [6, 6.07) is 0. The molecule has 0 saturated carbocycles. The summed E-state index contributed by atoms with van der Waals surface area (Å²) in [6.45, 7) is 0.949. The van der Waals surface area contributed by atoms with E-state index in [2.05, 4.69) is 14.8 Å². The zero-order chi connectivity index (χ0) is 11.9. The normalized spacial score (nSPS) is 26.9. The first-order valence-corrected chi connectivity index (χ1v) is 8.01. The lowest BCUT2D eigenvalue weighted by Crippen LogP contribution is -2.22. The van der Waals surface area contributed by atoms with Crippen LogP contribution in [0.15, 0.2) is 0 Å². The standard InChI is InChI=1S/C11H17N3O2S/c15-17(16)7-3-4-9(17)8-11-13-12-10-5-1-2-6-14(10)11/h9H,1-8H2. The number of nitrogens with zero attached hydrogens (tertiary/aromatic N) is 3. The van der Waals surface area contributed by atoms with E-state index in [0.29, 0.717) is 12.2 Å². The smallest absolute Gasteiger partial charge is 0.153 e. The van der Waals surface area contributed by atoms with Gasteiger partial charge in [-0.05, 0) is 25.7 Å². The number of aryl methyl sites for hydroxylation is 1. The molecule has 1 aromatic rings. The van der Waals surface area contributed by atoms with Crippen molar-refractivity contribution in [2.75, 3.05) is 5.75 Å². The lowest BCUT2D eigenvalue weighted by Gasteiger charge is -2.16. The average molecular weight is 255 g/mol. The average Bonchev–Trinajstić information content (AvgIpc) is 2.85. The van der Waals surface area contributed by atoms with E-state index in [1.807, 2.05) is 0 Å². The number of aromatic nitrogens is 3. The van der Waals surface area contributed by atoms with Gasteiger partial charge in [0.15, 0.2) is 9.84 Å². The van der Waals surface area contributed by atoms with E-state index in [0.717, 1.165) is 43.9 Å². The molecule has 94 valence electrons. The predicted molar refractivity (Wildman–Crippen MR) is 63.5 cm³/mol. The minimum atomic E-state index is -2.87. The van der Waals surface area contributed by atoms with Crippen LogP contribution in [0.2, 0.25) is 0 Å². The molecule has 0 spiro atoms. The van der Waals surface area contributed by atoms with Gasteiger partial charge in [-0.2, -0.15) is 0 Å². The van der Waals surface area contributed by atoms with Crippen LogP contribution in [0, 0.1) is 0 Å². The Balaban J connectivity index is 1.84. The predicted octanol–water partition coefficient (Wildman–Crippen LogP) is 0.734. The summed E-state index contributed by atoms with van der Waals surface area (Å²) in [7, 11) is -2.87. The Morgan fingerprint density at radius 1 is 1.24 bits per heavy atom.